The second-order valence-corrected chi connectivity index (χ2v) is 7.95. The van der Waals surface area contributed by atoms with Gasteiger partial charge in [0.05, 0.1) is 10.7 Å². The van der Waals surface area contributed by atoms with E-state index >= 15 is 0 Å². The summed E-state index contributed by atoms with van der Waals surface area (Å²) in [6.07, 6.45) is 2.77. The molecule has 5 nitrogen and oxygen atoms in total. The summed E-state index contributed by atoms with van der Waals surface area (Å²) in [5.41, 5.74) is 1.01. The fourth-order valence-electron chi connectivity index (χ4n) is 3.22. The predicted molar refractivity (Wildman–Crippen MR) is 114 cm³/mol. The number of carbonyl (C=O) groups is 2. The van der Waals surface area contributed by atoms with Gasteiger partial charge in [0.25, 0.3) is 5.91 Å². The van der Waals surface area contributed by atoms with Crippen molar-refractivity contribution in [2.45, 2.75) is 46.1 Å². The normalized spacial score (nSPS) is 17.8. The molecule has 1 aliphatic rings. The summed E-state index contributed by atoms with van der Waals surface area (Å²) >= 11 is 6.22. The van der Waals surface area contributed by atoms with Gasteiger partial charge in [-0.15, -0.1) is 12.4 Å². The highest BCUT2D eigenvalue weighted by Gasteiger charge is 2.23. The van der Waals surface area contributed by atoms with Gasteiger partial charge < -0.3 is 15.5 Å². The molecule has 1 heterocycles. The summed E-state index contributed by atoms with van der Waals surface area (Å²) in [5, 5.41) is 6.71. The maximum absolute atomic E-state index is 12.5. The lowest BCUT2D eigenvalue weighted by Crippen LogP contribution is -2.34. The average molecular weight is 416 g/mol. The standard InChI is InChI=1S/C20H30ClN3O2.ClH/c1-13(2)24(4)20(26)15-7-8-17(21)18(11-15)23-19(25)10-14(3)16-6-5-9-22-12-16;/h7-8,11,13-14,16,22H,5-6,9-10,12H2,1-4H3,(H,23,25);1H. The molecule has 7 heteroatoms. The van der Waals surface area contributed by atoms with Crippen molar-refractivity contribution in [3.05, 3.63) is 28.8 Å². The molecule has 0 aromatic heterocycles. The Bertz CT molecular complexity index is 646. The minimum atomic E-state index is -0.0891. The third-order valence-corrected chi connectivity index (χ3v) is 5.56. The van der Waals surface area contributed by atoms with Crippen molar-refractivity contribution in [2.75, 3.05) is 25.5 Å². The van der Waals surface area contributed by atoms with E-state index in [2.05, 4.69) is 17.6 Å². The number of carbonyl (C=O) groups excluding carboxylic acids is 2. The minimum Gasteiger partial charge on any atom is -0.339 e. The summed E-state index contributed by atoms with van der Waals surface area (Å²) in [7, 11) is 1.76. The van der Waals surface area contributed by atoms with Gasteiger partial charge in [0.2, 0.25) is 5.91 Å². The zero-order chi connectivity index (χ0) is 19.3. The Morgan fingerprint density at radius 2 is 2.04 bits per heavy atom. The second kappa shape index (κ2) is 10.9. The molecular formula is C20H31Cl2N3O2. The summed E-state index contributed by atoms with van der Waals surface area (Å²) in [6.45, 7) is 8.07. The number of anilines is 1. The third kappa shape index (κ3) is 6.66. The molecule has 27 heavy (non-hydrogen) atoms. The fraction of sp³-hybridized carbons (Fsp3) is 0.600. The van der Waals surface area contributed by atoms with Crippen molar-refractivity contribution in [3.63, 3.8) is 0 Å². The van der Waals surface area contributed by atoms with Crippen LogP contribution in [0.25, 0.3) is 0 Å². The van der Waals surface area contributed by atoms with Gasteiger partial charge in [0, 0.05) is 25.1 Å². The number of nitrogens with zero attached hydrogens (tertiary/aromatic N) is 1. The van der Waals surface area contributed by atoms with Crippen molar-refractivity contribution in [2.24, 2.45) is 11.8 Å². The molecule has 2 atom stereocenters. The maximum atomic E-state index is 12.5. The van der Waals surface area contributed by atoms with E-state index in [0.717, 1.165) is 25.9 Å². The van der Waals surface area contributed by atoms with Crippen molar-refractivity contribution < 1.29 is 9.59 Å². The van der Waals surface area contributed by atoms with E-state index in [9.17, 15) is 9.59 Å². The Labute approximate surface area is 173 Å². The van der Waals surface area contributed by atoms with Crippen LogP contribution >= 0.6 is 24.0 Å². The van der Waals surface area contributed by atoms with Crippen LogP contribution in [0.15, 0.2) is 18.2 Å². The Hall–Kier alpha value is -1.30. The summed E-state index contributed by atoms with van der Waals surface area (Å²) in [5.74, 6) is 0.677. The van der Waals surface area contributed by atoms with E-state index < -0.39 is 0 Å². The first-order valence-corrected chi connectivity index (χ1v) is 9.74. The molecule has 1 fully saturated rings. The first-order chi connectivity index (χ1) is 12.3. The zero-order valence-electron chi connectivity index (χ0n) is 16.5. The van der Waals surface area contributed by atoms with Gasteiger partial charge >= 0.3 is 0 Å². The van der Waals surface area contributed by atoms with Gasteiger partial charge in [0.15, 0.2) is 0 Å². The van der Waals surface area contributed by atoms with Crippen molar-refractivity contribution in [1.29, 1.82) is 0 Å². The maximum Gasteiger partial charge on any atom is 0.253 e. The molecule has 2 N–H and O–H groups in total. The molecule has 152 valence electrons. The predicted octanol–water partition coefficient (Wildman–Crippen LogP) is 4.21. The van der Waals surface area contributed by atoms with Gasteiger partial charge in [-0.1, -0.05) is 18.5 Å². The lowest BCUT2D eigenvalue weighted by atomic mass is 9.85. The first kappa shape index (κ1) is 23.7. The SMILES string of the molecule is CC(CC(=O)Nc1cc(C(=O)N(C)C(C)C)ccc1Cl)C1CCCNC1.Cl. The fourth-order valence-corrected chi connectivity index (χ4v) is 3.38. The molecule has 2 unspecified atom stereocenters. The van der Waals surface area contributed by atoms with Crippen molar-refractivity contribution in [3.8, 4) is 0 Å². The lowest BCUT2D eigenvalue weighted by Gasteiger charge is -2.28. The Morgan fingerprint density at radius 1 is 1.33 bits per heavy atom. The van der Waals surface area contributed by atoms with Crippen LogP contribution in [0.3, 0.4) is 0 Å². The molecule has 1 aromatic rings. The van der Waals surface area contributed by atoms with Gasteiger partial charge in [-0.3, -0.25) is 9.59 Å². The Morgan fingerprint density at radius 3 is 2.63 bits per heavy atom. The zero-order valence-corrected chi connectivity index (χ0v) is 18.1. The number of hydrogen-bond donors (Lipinski definition) is 2. The summed E-state index contributed by atoms with van der Waals surface area (Å²) in [4.78, 5) is 26.6. The van der Waals surface area contributed by atoms with Crippen LogP contribution in [0.4, 0.5) is 5.69 Å². The van der Waals surface area contributed by atoms with Crippen LogP contribution < -0.4 is 10.6 Å². The first-order valence-electron chi connectivity index (χ1n) is 9.37. The summed E-state index contributed by atoms with van der Waals surface area (Å²) in [6, 6.07) is 5.11. The molecule has 2 rings (SSSR count). The molecule has 1 saturated heterocycles. The largest absolute Gasteiger partial charge is 0.339 e. The number of rotatable bonds is 6. The quantitative estimate of drug-likeness (QED) is 0.731. The molecule has 0 radical (unpaired) electrons. The highest BCUT2D eigenvalue weighted by atomic mass is 35.5. The molecule has 0 saturated carbocycles. The van der Waals surface area contributed by atoms with E-state index in [-0.39, 0.29) is 30.3 Å². The molecule has 0 aliphatic carbocycles. The Kier molecular flexibility index (Phi) is 9.57. The second-order valence-electron chi connectivity index (χ2n) is 7.54. The summed E-state index contributed by atoms with van der Waals surface area (Å²) < 4.78 is 0. The van der Waals surface area contributed by atoms with Crippen LogP contribution in [-0.4, -0.2) is 42.9 Å². The van der Waals surface area contributed by atoms with E-state index in [4.69, 9.17) is 11.6 Å². The van der Waals surface area contributed by atoms with Gasteiger partial charge in [-0.2, -0.15) is 0 Å². The van der Waals surface area contributed by atoms with Crippen LogP contribution in [0.1, 0.15) is 50.4 Å². The molecule has 0 bridgehead atoms. The van der Waals surface area contributed by atoms with E-state index in [1.165, 1.54) is 0 Å². The van der Waals surface area contributed by atoms with Crippen LogP contribution in [0, 0.1) is 11.8 Å². The molecule has 0 spiro atoms. The number of amides is 2. The number of nitrogens with one attached hydrogen (secondary N) is 2. The average Bonchev–Trinajstić information content (AvgIpc) is 2.62. The van der Waals surface area contributed by atoms with Crippen LogP contribution in [0.5, 0.6) is 0 Å². The third-order valence-electron chi connectivity index (χ3n) is 5.23. The van der Waals surface area contributed by atoms with E-state index in [0.29, 0.717) is 34.5 Å². The highest BCUT2D eigenvalue weighted by Crippen LogP contribution is 2.26. The lowest BCUT2D eigenvalue weighted by molar-refractivity contribution is -0.117. The van der Waals surface area contributed by atoms with E-state index in [1.807, 2.05) is 13.8 Å². The van der Waals surface area contributed by atoms with Gasteiger partial charge in [-0.05, 0) is 69.8 Å². The smallest absolute Gasteiger partial charge is 0.253 e. The topological polar surface area (TPSA) is 61.4 Å². The molecule has 1 aliphatic heterocycles. The van der Waals surface area contributed by atoms with Gasteiger partial charge in [-0.25, -0.2) is 0 Å². The highest BCUT2D eigenvalue weighted by molar-refractivity contribution is 6.33. The Balaban J connectivity index is 0.00000364. The molecule has 1 aromatic carbocycles. The van der Waals surface area contributed by atoms with Crippen LogP contribution in [-0.2, 0) is 4.79 Å². The molecule has 2 amide bonds. The van der Waals surface area contributed by atoms with Crippen LogP contribution in [0.2, 0.25) is 5.02 Å². The van der Waals surface area contributed by atoms with Crippen molar-refractivity contribution in [1.82, 2.24) is 10.2 Å². The molecular weight excluding hydrogens is 385 g/mol. The monoisotopic (exact) mass is 415 g/mol. The van der Waals surface area contributed by atoms with Crippen molar-refractivity contribution >= 4 is 41.5 Å². The minimum absolute atomic E-state index is 0. The number of halogens is 2. The van der Waals surface area contributed by atoms with E-state index in [1.54, 1.807) is 30.1 Å². The number of benzene rings is 1. The number of piperidine rings is 1. The van der Waals surface area contributed by atoms with Gasteiger partial charge in [0.1, 0.15) is 0 Å². The number of hydrogen-bond acceptors (Lipinski definition) is 3.